The van der Waals surface area contributed by atoms with Gasteiger partial charge in [-0.05, 0) is 50.0 Å². The molecule has 1 N–H and O–H groups in total. The minimum Gasteiger partial charge on any atom is -0.475 e. The molecule has 1 amide bonds. The summed E-state index contributed by atoms with van der Waals surface area (Å²) in [4.78, 5) is 26.4. The molecule has 10 heteroatoms. The van der Waals surface area contributed by atoms with E-state index in [1.54, 1.807) is 18.6 Å². The number of hydrogen-bond donors (Lipinski definition) is 1. The molecule has 5 rings (SSSR count). The van der Waals surface area contributed by atoms with E-state index in [-0.39, 0.29) is 11.3 Å². The molecule has 1 aromatic heterocycles. The highest BCUT2D eigenvalue weighted by Crippen LogP contribution is 2.46. The fraction of sp³-hybridized carbons (Fsp3) is 0.739. The van der Waals surface area contributed by atoms with Crippen LogP contribution in [0.1, 0.15) is 42.5 Å². The molecule has 184 valence electrons. The predicted molar refractivity (Wildman–Crippen MR) is 112 cm³/mol. The van der Waals surface area contributed by atoms with Crippen molar-refractivity contribution >= 4 is 11.9 Å². The van der Waals surface area contributed by atoms with Gasteiger partial charge in [0, 0.05) is 50.7 Å². The van der Waals surface area contributed by atoms with Crippen molar-refractivity contribution in [2.24, 2.45) is 23.2 Å². The van der Waals surface area contributed by atoms with Gasteiger partial charge in [-0.15, -0.1) is 0 Å². The molecule has 2 aliphatic heterocycles. The van der Waals surface area contributed by atoms with Gasteiger partial charge < -0.3 is 24.1 Å². The molecule has 7 nitrogen and oxygen atoms in total. The molecule has 0 bridgehead atoms. The van der Waals surface area contributed by atoms with Crippen molar-refractivity contribution in [1.29, 1.82) is 0 Å². The number of hydrogen-bond acceptors (Lipinski definition) is 5. The van der Waals surface area contributed by atoms with Gasteiger partial charge in [0.05, 0.1) is 18.4 Å². The van der Waals surface area contributed by atoms with Crippen LogP contribution in [0.5, 0.6) is 0 Å². The second kappa shape index (κ2) is 9.66. The number of carbonyl (C=O) groups excluding carboxylic acids is 1. The lowest BCUT2D eigenvalue weighted by atomic mass is 9.77. The summed E-state index contributed by atoms with van der Waals surface area (Å²) >= 11 is 0. The number of rotatable bonds is 7. The Hall–Kier alpha value is -2.07. The zero-order valence-electron chi connectivity index (χ0n) is 18.6. The second-order valence-electron chi connectivity index (χ2n) is 9.97. The first-order chi connectivity index (χ1) is 15.7. The Morgan fingerprint density at radius 1 is 1.15 bits per heavy atom. The minimum atomic E-state index is -5.08. The molecule has 2 aliphatic carbocycles. The molecule has 33 heavy (non-hydrogen) atoms. The molecule has 2 atom stereocenters. The Bertz CT molecular complexity index is 823. The van der Waals surface area contributed by atoms with Gasteiger partial charge in [-0.2, -0.15) is 13.2 Å². The molecule has 4 fully saturated rings. The third-order valence-electron chi connectivity index (χ3n) is 7.15. The number of amides is 1. The van der Waals surface area contributed by atoms with Crippen LogP contribution in [0.2, 0.25) is 0 Å². The molecule has 2 saturated carbocycles. The molecule has 4 aliphatic rings. The molecule has 3 heterocycles. The van der Waals surface area contributed by atoms with Crippen LogP contribution in [0.4, 0.5) is 13.2 Å². The quantitative estimate of drug-likeness (QED) is 0.654. The van der Waals surface area contributed by atoms with E-state index >= 15 is 0 Å². The number of carbonyl (C=O) groups is 2. The molecular formula is C23H31F3N2O5. The summed E-state index contributed by atoms with van der Waals surface area (Å²) in [7, 11) is 0. The van der Waals surface area contributed by atoms with Crippen LogP contribution < -0.4 is 0 Å². The highest BCUT2D eigenvalue weighted by molar-refractivity contribution is 5.94. The molecule has 2 saturated heterocycles. The number of likely N-dealkylation sites (tertiary alicyclic amines) is 2. The fourth-order valence-electron chi connectivity index (χ4n) is 4.94. The van der Waals surface area contributed by atoms with E-state index in [1.807, 2.05) is 4.90 Å². The summed E-state index contributed by atoms with van der Waals surface area (Å²) in [5.41, 5.74) is 0.897. The maximum atomic E-state index is 12.8. The largest absolute Gasteiger partial charge is 0.490 e. The van der Waals surface area contributed by atoms with Gasteiger partial charge in [-0.1, -0.05) is 0 Å². The first-order valence-corrected chi connectivity index (χ1v) is 11.6. The average molecular weight is 473 g/mol. The normalized spacial score (nSPS) is 27.6. The Balaban J connectivity index is 0.000000325. The van der Waals surface area contributed by atoms with Crippen molar-refractivity contribution in [1.82, 2.24) is 9.80 Å². The molecule has 1 spiro atoms. The van der Waals surface area contributed by atoms with E-state index in [1.165, 1.54) is 32.2 Å². The number of halogens is 3. The van der Waals surface area contributed by atoms with Crippen LogP contribution in [0.25, 0.3) is 0 Å². The Morgan fingerprint density at radius 2 is 1.85 bits per heavy atom. The maximum Gasteiger partial charge on any atom is 0.490 e. The van der Waals surface area contributed by atoms with Crippen LogP contribution in [-0.2, 0) is 9.53 Å². The Labute approximate surface area is 190 Å². The van der Waals surface area contributed by atoms with Crippen LogP contribution in [-0.4, -0.2) is 78.9 Å². The van der Waals surface area contributed by atoms with Crippen molar-refractivity contribution in [2.45, 2.75) is 38.3 Å². The van der Waals surface area contributed by atoms with Crippen molar-refractivity contribution in [2.75, 3.05) is 45.9 Å². The summed E-state index contributed by atoms with van der Waals surface area (Å²) in [6.45, 7) is 7.07. The smallest absolute Gasteiger partial charge is 0.475 e. The number of ether oxygens (including phenoxy) is 1. The van der Waals surface area contributed by atoms with Gasteiger partial charge in [0.15, 0.2) is 0 Å². The summed E-state index contributed by atoms with van der Waals surface area (Å²) in [5, 5.41) is 7.12. The zero-order chi connectivity index (χ0) is 23.6. The van der Waals surface area contributed by atoms with Gasteiger partial charge in [-0.25, -0.2) is 4.79 Å². The Kier molecular flexibility index (Phi) is 7.04. The number of nitrogens with zero attached hydrogens (tertiary/aromatic N) is 2. The average Bonchev–Trinajstić information content (AvgIpc) is 3.61. The van der Waals surface area contributed by atoms with Gasteiger partial charge in [0.1, 0.15) is 6.26 Å². The molecular weight excluding hydrogens is 441 g/mol. The summed E-state index contributed by atoms with van der Waals surface area (Å²) in [5.74, 6) is -0.343. The van der Waals surface area contributed by atoms with Gasteiger partial charge in [0.25, 0.3) is 5.91 Å². The van der Waals surface area contributed by atoms with Crippen LogP contribution in [0.3, 0.4) is 0 Å². The SMILES string of the molecule is O=C(O)C(F)(F)F.O=C(c1ccoc1)N1CC[C@@]2(CN(CC3CC3)C[C@H]2COCC2CC2)C1. The number of alkyl halides is 3. The van der Waals surface area contributed by atoms with E-state index < -0.39 is 12.1 Å². The monoisotopic (exact) mass is 472 g/mol. The van der Waals surface area contributed by atoms with Crippen molar-refractivity contribution in [3.8, 4) is 0 Å². The van der Waals surface area contributed by atoms with E-state index in [0.717, 1.165) is 57.6 Å². The third kappa shape index (κ3) is 6.29. The lowest BCUT2D eigenvalue weighted by Crippen LogP contribution is -2.38. The van der Waals surface area contributed by atoms with E-state index in [9.17, 15) is 18.0 Å². The summed E-state index contributed by atoms with van der Waals surface area (Å²) < 4.78 is 43.0. The van der Waals surface area contributed by atoms with Crippen molar-refractivity contribution in [3.05, 3.63) is 24.2 Å². The number of carboxylic acid groups (broad SMARTS) is 1. The van der Waals surface area contributed by atoms with Crippen molar-refractivity contribution < 1.29 is 37.0 Å². The van der Waals surface area contributed by atoms with E-state index in [2.05, 4.69) is 4.90 Å². The third-order valence-corrected chi connectivity index (χ3v) is 7.15. The molecule has 0 unspecified atom stereocenters. The number of aliphatic carboxylic acids is 1. The van der Waals surface area contributed by atoms with E-state index in [4.69, 9.17) is 19.1 Å². The lowest BCUT2D eigenvalue weighted by Gasteiger charge is -2.30. The van der Waals surface area contributed by atoms with Crippen LogP contribution in [0.15, 0.2) is 23.0 Å². The van der Waals surface area contributed by atoms with Crippen LogP contribution >= 0.6 is 0 Å². The van der Waals surface area contributed by atoms with Gasteiger partial charge in [0.2, 0.25) is 0 Å². The summed E-state index contributed by atoms with van der Waals surface area (Å²) in [6, 6.07) is 1.78. The maximum absolute atomic E-state index is 12.8. The summed E-state index contributed by atoms with van der Waals surface area (Å²) in [6.07, 6.45) is 4.66. The first-order valence-electron chi connectivity index (χ1n) is 11.6. The molecule has 0 radical (unpaired) electrons. The van der Waals surface area contributed by atoms with Crippen LogP contribution in [0, 0.1) is 23.2 Å². The number of carboxylic acids is 1. The Morgan fingerprint density at radius 3 is 2.42 bits per heavy atom. The molecule has 0 aromatic carbocycles. The molecule has 1 aromatic rings. The topological polar surface area (TPSA) is 83.2 Å². The standard InChI is InChI=1S/C21H30N2O3.C2HF3O2/c24-20(18-5-8-25-12-18)23-7-6-21(15-23)14-22(9-16-1-2-16)10-19(21)13-26-11-17-3-4-17;3-2(4,5)1(6)7/h5,8,12,16-17,19H,1-4,6-7,9-11,13-15H2;(H,6,7)/t19-,21+;/m0./s1. The highest BCUT2D eigenvalue weighted by Gasteiger charge is 2.52. The minimum absolute atomic E-state index is 0.119. The number of furan rings is 1. The first kappa shape index (κ1) is 24.1. The van der Waals surface area contributed by atoms with E-state index in [0.29, 0.717) is 11.5 Å². The second-order valence-corrected chi connectivity index (χ2v) is 9.97. The highest BCUT2D eigenvalue weighted by atomic mass is 19.4. The zero-order valence-corrected chi connectivity index (χ0v) is 18.6. The van der Waals surface area contributed by atoms with Gasteiger partial charge >= 0.3 is 12.1 Å². The fourth-order valence-corrected chi connectivity index (χ4v) is 4.94. The predicted octanol–water partition coefficient (Wildman–Crippen LogP) is 3.51. The van der Waals surface area contributed by atoms with Gasteiger partial charge in [-0.3, -0.25) is 4.79 Å². The van der Waals surface area contributed by atoms with Crippen molar-refractivity contribution in [3.63, 3.8) is 0 Å². The lowest BCUT2D eigenvalue weighted by molar-refractivity contribution is -0.192.